The normalized spacial score (nSPS) is 10.7. The predicted molar refractivity (Wildman–Crippen MR) is 63.0 cm³/mol. The number of halogens is 3. The topological polar surface area (TPSA) is 41.6 Å². The molecule has 2 aromatic rings. The molecule has 0 aliphatic heterocycles. The van der Waals surface area contributed by atoms with E-state index in [-0.39, 0.29) is 10.7 Å². The number of benzene rings is 1. The molecule has 0 unspecified atom stereocenters. The summed E-state index contributed by atoms with van der Waals surface area (Å²) in [7, 11) is 0. The zero-order valence-corrected chi connectivity index (χ0v) is 10.1. The van der Waals surface area contributed by atoms with Crippen molar-refractivity contribution in [2.75, 3.05) is 0 Å². The lowest BCUT2D eigenvalue weighted by Gasteiger charge is -2.06. The minimum Gasteiger partial charge on any atom is -0.220 e. The monoisotopic (exact) mass is 267 g/mol. The van der Waals surface area contributed by atoms with Crippen LogP contribution in [-0.2, 0) is 0 Å². The number of nitrogens with zero attached hydrogens (tertiary/aromatic N) is 3. The molecule has 18 heavy (non-hydrogen) atoms. The third-order valence-corrected chi connectivity index (χ3v) is 2.87. The van der Waals surface area contributed by atoms with Crippen LogP contribution < -0.4 is 0 Å². The van der Waals surface area contributed by atoms with E-state index in [1.165, 1.54) is 0 Å². The standard InChI is InChI=1S/C12H8ClF2N3/c1-7-4-2-3-5-9(7)18-11(13)8(6-16)10(17-18)12(14)15/h2-5,12H,1H3. The molecule has 2 rings (SSSR count). The average Bonchev–Trinajstić information content (AvgIpc) is 2.67. The van der Waals surface area contributed by atoms with Crippen LogP contribution in [0.3, 0.4) is 0 Å². The summed E-state index contributed by atoms with van der Waals surface area (Å²) >= 11 is 5.92. The van der Waals surface area contributed by atoms with Crippen molar-refractivity contribution in [2.24, 2.45) is 0 Å². The van der Waals surface area contributed by atoms with Crippen molar-refractivity contribution in [3.63, 3.8) is 0 Å². The van der Waals surface area contributed by atoms with Gasteiger partial charge in [0.1, 0.15) is 17.3 Å². The largest absolute Gasteiger partial charge is 0.283 e. The van der Waals surface area contributed by atoms with Crippen molar-refractivity contribution < 1.29 is 8.78 Å². The van der Waals surface area contributed by atoms with E-state index >= 15 is 0 Å². The number of nitriles is 1. The van der Waals surface area contributed by atoms with E-state index in [1.54, 1.807) is 31.2 Å². The molecule has 3 nitrogen and oxygen atoms in total. The molecule has 1 aromatic heterocycles. The summed E-state index contributed by atoms with van der Waals surface area (Å²) < 4.78 is 26.6. The van der Waals surface area contributed by atoms with Gasteiger partial charge in [0.2, 0.25) is 0 Å². The predicted octanol–water partition coefficient (Wildman–Crippen LogP) is 3.64. The Morgan fingerprint density at radius 1 is 1.39 bits per heavy atom. The number of rotatable bonds is 2. The van der Waals surface area contributed by atoms with E-state index in [1.807, 2.05) is 6.07 Å². The lowest BCUT2D eigenvalue weighted by Crippen LogP contribution is -1.99. The fraction of sp³-hybridized carbons (Fsp3) is 0.167. The highest BCUT2D eigenvalue weighted by Crippen LogP contribution is 2.30. The fourth-order valence-electron chi connectivity index (χ4n) is 1.63. The Kier molecular flexibility index (Phi) is 3.30. The molecule has 0 radical (unpaired) electrons. The number of alkyl halides is 2. The third-order valence-electron chi connectivity index (χ3n) is 2.52. The second-order valence-electron chi connectivity index (χ2n) is 3.66. The molecule has 92 valence electrons. The minimum absolute atomic E-state index is 0.0953. The molecule has 0 bridgehead atoms. The smallest absolute Gasteiger partial charge is 0.220 e. The van der Waals surface area contributed by atoms with Crippen LogP contribution >= 0.6 is 11.6 Å². The van der Waals surface area contributed by atoms with Crippen LogP contribution in [0.1, 0.15) is 23.2 Å². The molecule has 0 saturated carbocycles. The first-order valence-corrected chi connectivity index (χ1v) is 5.46. The molecule has 0 amide bonds. The SMILES string of the molecule is Cc1ccccc1-n1nc(C(F)F)c(C#N)c1Cl. The van der Waals surface area contributed by atoms with Crippen molar-refractivity contribution in [3.05, 3.63) is 46.2 Å². The Morgan fingerprint density at radius 2 is 2.06 bits per heavy atom. The number of aryl methyl sites for hydroxylation is 1. The van der Waals surface area contributed by atoms with Gasteiger partial charge in [0.25, 0.3) is 6.43 Å². The molecule has 0 fully saturated rings. The van der Waals surface area contributed by atoms with Gasteiger partial charge in [-0.1, -0.05) is 29.8 Å². The molecular formula is C12H8ClF2N3. The summed E-state index contributed by atoms with van der Waals surface area (Å²) in [6.45, 7) is 1.81. The van der Waals surface area contributed by atoms with E-state index in [4.69, 9.17) is 16.9 Å². The van der Waals surface area contributed by atoms with Gasteiger partial charge in [-0.2, -0.15) is 10.4 Å². The zero-order valence-electron chi connectivity index (χ0n) is 9.36. The van der Waals surface area contributed by atoms with Crippen LogP contribution in [0.15, 0.2) is 24.3 Å². The Hall–Kier alpha value is -1.93. The summed E-state index contributed by atoms with van der Waals surface area (Å²) in [5.74, 6) is 0. The van der Waals surface area contributed by atoms with E-state index in [0.29, 0.717) is 5.69 Å². The molecule has 6 heteroatoms. The van der Waals surface area contributed by atoms with E-state index in [9.17, 15) is 8.78 Å². The van der Waals surface area contributed by atoms with E-state index < -0.39 is 12.1 Å². The molecule has 0 atom stereocenters. The zero-order chi connectivity index (χ0) is 13.3. The van der Waals surface area contributed by atoms with Crippen molar-refractivity contribution in [1.29, 1.82) is 5.26 Å². The van der Waals surface area contributed by atoms with Gasteiger partial charge < -0.3 is 0 Å². The Bertz CT molecular complexity index is 629. The Balaban J connectivity index is 2.68. The average molecular weight is 268 g/mol. The first-order chi connectivity index (χ1) is 8.56. The highest BCUT2D eigenvalue weighted by atomic mass is 35.5. The number of para-hydroxylation sites is 1. The minimum atomic E-state index is -2.83. The summed E-state index contributed by atoms with van der Waals surface area (Å²) in [6.07, 6.45) is -2.83. The van der Waals surface area contributed by atoms with Gasteiger partial charge in [-0.05, 0) is 18.6 Å². The Labute approximate surface area is 107 Å². The molecule has 1 aromatic carbocycles. The quantitative estimate of drug-likeness (QED) is 0.833. The van der Waals surface area contributed by atoms with Crippen molar-refractivity contribution >= 4 is 11.6 Å². The van der Waals surface area contributed by atoms with Gasteiger partial charge in [0, 0.05) is 0 Å². The van der Waals surface area contributed by atoms with Crippen molar-refractivity contribution in [3.8, 4) is 11.8 Å². The van der Waals surface area contributed by atoms with Gasteiger partial charge in [-0.15, -0.1) is 0 Å². The molecule has 0 aliphatic rings. The number of hydrogen-bond donors (Lipinski definition) is 0. The van der Waals surface area contributed by atoms with Crippen LogP contribution in [0.5, 0.6) is 0 Å². The maximum atomic E-state index is 12.7. The molecular weight excluding hydrogens is 260 g/mol. The maximum absolute atomic E-state index is 12.7. The van der Waals surface area contributed by atoms with Crippen LogP contribution in [-0.4, -0.2) is 9.78 Å². The maximum Gasteiger partial charge on any atom is 0.283 e. The van der Waals surface area contributed by atoms with Crippen LogP contribution in [0.2, 0.25) is 5.15 Å². The van der Waals surface area contributed by atoms with E-state index in [0.717, 1.165) is 10.2 Å². The first kappa shape index (κ1) is 12.5. The lowest BCUT2D eigenvalue weighted by molar-refractivity contribution is 0.145. The van der Waals surface area contributed by atoms with Gasteiger partial charge in [-0.3, -0.25) is 0 Å². The Morgan fingerprint density at radius 3 is 2.56 bits per heavy atom. The molecule has 0 aliphatic carbocycles. The van der Waals surface area contributed by atoms with Crippen LogP contribution in [0.4, 0.5) is 8.78 Å². The summed E-state index contributed by atoms with van der Waals surface area (Å²) in [5, 5.41) is 12.5. The summed E-state index contributed by atoms with van der Waals surface area (Å²) in [6, 6.07) is 8.72. The second-order valence-corrected chi connectivity index (χ2v) is 4.02. The summed E-state index contributed by atoms with van der Waals surface area (Å²) in [4.78, 5) is 0. The van der Waals surface area contributed by atoms with Gasteiger partial charge in [0.15, 0.2) is 5.15 Å². The molecule has 0 saturated heterocycles. The first-order valence-electron chi connectivity index (χ1n) is 5.09. The number of hydrogen-bond acceptors (Lipinski definition) is 2. The molecule has 1 heterocycles. The van der Waals surface area contributed by atoms with Crippen molar-refractivity contribution in [1.82, 2.24) is 9.78 Å². The highest BCUT2D eigenvalue weighted by Gasteiger charge is 2.24. The fourth-order valence-corrected chi connectivity index (χ4v) is 1.90. The lowest BCUT2D eigenvalue weighted by atomic mass is 10.2. The van der Waals surface area contributed by atoms with Crippen molar-refractivity contribution in [2.45, 2.75) is 13.3 Å². The third kappa shape index (κ3) is 1.95. The highest BCUT2D eigenvalue weighted by molar-refractivity contribution is 6.31. The van der Waals surface area contributed by atoms with Crippen LogP contribution in [0.25, 0.3) is 5.69 Å². The molecule has 0 N–H and O–H groups in total. The molecule has 0 spiro atoms. The summed E-state index contributed by atoms with van der Waals surface area (Å²) in [5.41, 5.74) is 0.527. The van der Waals surface area contributed by atoms with Crippen LogP contribution in [0, 0.1) is 18.3 Å². The van der Waals surface area contributed by atoms with Gasteiger partial charge in [0.05, 0.1) is 5.69 Å². The van der Waals surface area contributed by atoms with Gasteiger partial charge >= 0.3 is 0 Å². The second kappa shape index (κ2) is 4.75. The van der Waals surface area contributed by atoms with Gasteiger partial charge in [-0.25, -0.2) is 13.5 Å². The van der Waals surface area contributed by atoms with E-state index in [2.05, 4.69) is 5.10 Å². The number of aromatic nitrogens is 2.